The Morgan fingerprint density at radius 3 is 1.30 bits per heavy atom. The summed E-state index contributed by atoms with van der Waals surface area (Å²) in [6.07, 6.45) is -1.43. The maximum absolute atomic E-state index is 6.65. The highest BCUT2D eigenvalue weighted by Gasteiger charge is 2.47. The average Bonchev–Trinajstić information content (AvgIpc) is 3.01. The van der Waals surface area contributed by atoms with E-state index in [0.717, 1.165) is 22.3 Å². The van der Waals surface area contributed by atoms with Crippen LogP contribution >= 0.6 is 22.6 Å². The molecule has 1 heterocycles. The molecule has 5 nitrogen and oxygen atoms in total. The molecule has 40 heavy (non-hydrogen) atoms. The van der Waals surface area contributed by atoms with Crippen molar-refractivity contribution in [2.75, 3.05) is 6.61 Å². The van der Waals surface area contributed by atoms with E-state index < -0.39 is 6.10 Å². The summed E-state index contributed by atoms with van der Waals surface area (Å²) in [7, 11) is 0. The Bertz CT molecular complexity index is 1240. The fourth-order valence-corrected chi connectivity index (χ4v) is 5.73. The summed E-state index contributed by atoms with van der Waals surface area (Å²) in [4.78, 5) is 0. The van der Waals surface area contributed by atoms with Gasteiger partial charge in [-0.1, -0.05) is 121 Å². The first-order valence-corrected chi connectivity index (χ1v) is 14.9. The van der Waals surface area contributed by atoms with Crippen molar-refractivity contribution in [2.45, 2.75) is 55.0 Å². The summed E-state index contributed by atoms with van der Waals surface area (Å²) in [6.45, 7) is 2.22. The molecule has 5 atom stereocenters. The van der Waals surface area contributed by atoms with E-state index in [2.05, 4.69) is 71.1 Å². The first-order valence-electron chi connectivity index (χ1n) is 13.6. The van der Waals surface area contributed by atoms with Crippen molar-refractivity contribution in [1.82, 2.24) is 0 Å². The lowest BCUT2D eigenvalue weighted by atomic mass is 9.99. The zero-order chi connectivity index (χ0) is 27.4. The van der Waals surface area contributed by atoms with Gasteiger partial charge in [0.15, 0.2) is 0 Å². The van der Waals surface area contributed by atoms with Crippen molar-refractivity contribution < 1.29 is 23.7 Å². The summed E-state index contributed by atoms with van der Waals surface area (Å²) < 4.78 is 32.2. The quantitative estimate of drug-likeness (QED) is 0.114. The Balaban J connectivity index is 1.36. The molecule has 1 aliphatic heterocycles. The topological polar surface area (TPSA) is 46.2 Å². The standard InChI is InChI=1S/C34H35IO5/c35-34-33(39-24-29-19-11-4-12-20-29)32(38-23-28-17-9-3-10-18-28)31(37-22-27-15-7-2-8-16-27)30(40-34)25-36-21-26-13-5-1-6-14-26/h1-20,30-34H,21-25H2/t30-,31+,32+,33-,34?/m1/s1. The Labute approximate surface area is 250 Å². The van der Waals surface area contributed by atoms with Crippen molar-refractivity contribution in [2.24, 2.45) is 0 Å². The highest BCUT2D eigenvalue weighted by Crippen LogP contribution is 2.33. The van der Waals surface area contributed by atoms with Crippen molar-refractivity contribution >= 4 is 22.6 Å². The largest absolute Gasteiger partial charge is 0.374 e. The molecule has 4 aromatic rings. The molecule has 0 aromatic heterocycles. The summed E-state index contributed by atoms with van der Waals surface area (Å²) in [5, 5.41) is 0. The van der Waals surface area contributed by atoms with Crippen molar-refractivity contribution in [3.05, 3.63) is 144 Å². The maximum atomic E-state index is 6.65. The fourth-order valence-electron chi connectivity index (χ4n) is 4.73. The van der Waals surface area contributed by atoms with Crippen LogP contribution < -0.4 is 0 Å². The van der Waals surface area contributed by atoms with Gasteiger partial charge in [0.25, 0.3) is 0 Å². The van der Waals surface area contributed by atoms with Crippen LogP contribution in [-0.4, -0.2) is 35.1 Å². The van der Waals surface area contributed by atoms with Crippen LogP contribution in [0, 0.1) is 0 Å². The molecule has 1 aliphatic rings. The fraction of sp³-hybridized carbons (Fsp3) is 0.294. The lowest BCUT2D eigenvalue weighted by molar-refractivity contribution is -0.251. The van der Waals surface area contributed by atoms with Crippen LogP contribution in [0.3, 0.4) is 0 Å². The van der Waals surface area contributed by atoms with Crippen LogP contribution in [0.4, 0.5) is 0 Å². The number of hydrogen-bond donors (Lipinski definition) is 0. The number of ether oxygens (including phenoxy) is 5. The SMILES string of the molecule is IC1O[C@H](COCc2ccccc2)[C@H](OCc2ccccc2)[C@H](OCc2ccccc2)[C@H]1OCc1ccccc1. The zero-order valence-electron chi connectivity index (χ0n) is 22.4. The van der Waals surface area contributed by atoms with E-state index >= 15 is 0 Å². The van der Waals surface area contributed by atoms with Crippen LogP contribution in [0.25, 0.3) is 0 Å². The molecule has 0 aliphatic carbocycles. The van der Waals surface area contributed by atoms with E-state index in [1.807, 2.05) is 72.8 Å². The van der Waals surface area contributed by atoms with Gasteiger partial charge >= 0.3 is 0 Å². The first kappa shape index (κ1) is 28.9. The van der Waals surface area contributed by atoms with Crippen LogP contribution in [-0.2, 0) is 50.1 Å². The molecule has 0 bridgehead atoms. The molecule has 0 N–H and O–H groups in total. The first-order chi connectivity index (χ1) is 19.8. The van der Waals surface area contributed by atoms with Gasteiger partial charge < -0.3 is 23.7 Å². The lowest BCUT2D eigenvalue weighted by Crippen LogP contribution is -2.59. The Morgan fingerprint density at radius 2 is 0.850 bits per heavy atom. The minimum Gasteiger partial charge on any atom is -0.374 e. The van der Waals surface area contributed by atoms with Gasteiger partial charge in [0.1, 0.15) is 28.5 Å². The summed E-state index contributed by atoms with van der Waals surface area (Å²) in [5.74, 6) is 0. The minimum absolute atomic E-state index is 0.246. The van der Waals surface area contributed by atoms with E-state index in [4.69, 9.17) is 23.7 Å². The molecule has 1 unspecified atom stereocenters. The van der Waals surface area contributed by atoms with Gasteiger partial charge in [0.2, 0.25) is 0 Å². The second kappa shape index (κ2) is 15.4. The van der Waals surface area contributed by atoms with Gasteiger partial charge in [-0.2, -0.15) is 0 Å². The molecule has 208 valence electrons. The predicted octanol–water partition coefficient (Wildman–Crippen LogP) is 7.12. The summed E-state index contributed by atoms with van der Waals surface area (Å²) in [5.41, 5.74) is 4.40. The molecule has 0 radical (unpaired) electrons. The van der Waals surface area contributed by atoms with Gasteiger partial charge in [-0.25, -0.2) is 0 Å². The van der Waals surface area contributed by atoms with Gasteiger partial charge in [0, 0.05) is 0 Å². The predicted molar refractivity (Wildman–Crippen MR) is 164 cm³/mol. The summed E-state index contributed by atoms with van der Waals surface area (Å²) in [6, 6.07) is 40.7. The van der Waals surface area contributed by atoms with Crippen LogP contribution in [0.1, 0.15) is 22.3 Å². The van der Waals surface area contributed by atoms with Gasteiger partial charge in [-0.15, -0.1) is 0 Å². The van der Waals surface area contributed by atoms with Crippen LogP contribution in [0.15, 0.2) is 121 Å². The van der Waals surface area contributed by atoms with Crippen molar-refractivity contribution in [3.63, 3.8) is 0 Å². The smallest absolute Gasteiger partial charge is 0.138 e. The molecule has 5 rings (SSSR count). The molecule has 0 amide bonds. The summed E-state index contributed by atoms with van der Waals surface area (Å²) >= 11 is 2.32. The molecular weight excluding hydrogens is 615 g/mol. The monoisotopic (exact) mass is 650 g/mol. The van der Waals surface area contributed by atoms with Crippen molar-refractivity contribution in [3.8, 4) is 0 Å². The van der Waals surface area contributed by atoms with Crippen molar-refractivity contribution in [1.29, 1.82) is 0 Å². The van der Waals surface area contributed by atoms with E-state index in [-0.39, 0.29) is 22.4 Å². The zero-order valence-corrected chi connectivity index (χ0v) is 24.5. The average molecular weight is 651 g/mol. The third-order valence-corrected chi connectivity index (χ3v) is 7.83. The molecule has 1 fully saturated rings. The van der Waals surface area contributed by atoms with Gasteiger partial charge in [0.05, 0.1) is 33.0 Å². The molecule has 4 aromatic carbocycles. The van der Waals surface area contributed by atoms with Crippen LogP contribution in [0.2, 0.25) is 0 Å². The van der Waals surface area contributed by atoms with E-state index in [1.54, 1.807) is 0 Å². The number of alkyl halides is 1. The van der Waals surface area contributed by atoms with Crippen LogP contribution in [0.5, 0.6) is 0 Å². The van der Waals surface area contributed by atoms with Gasteiger partial charge in [-0.3, -0.25) is 0 Å². The molecule has 1 saturated heterocycles. The van der Waals surface area contributed by atoms with E-state index in [9.17, 15) is 0 Å². The molecular formula is C34H35IO5. The van der Waals surface area contributed by atoms with Gasteiger partial charge in [-0.05, 0) is 44.8 Å². The third-order valence-electron chi connectivity index (χ3n) is 6.83. The second-order valence-corrected chi connectivity index (χ2v) is 11.0. The highest BCUT2D eigenvalue weighted by molar-refractivity contribution is 14.1. The Kier molecular flexibility index (Phi) is 11.1. The lowest BCUT2D eigenvalue weighted by Gasteiger charge is -2.44. The third kappa shape index (κ3) is 8.46. The highest BCUT2D eigenvalue weighted by atomic mass is 127. The van der Waals surface area contributed by atoms with E-state index in [1.165, 1.54) is 0 Å². The molecule has 0 spiro atoms. The Hall–Kier alpha value is -2.59. The normalized spacial score (nSPS) is 22.7. The second-order valence-electron chi connectivity index (χ2n) is 9.81. The number of benzene rings is 4. The number of rotatable bonds is 13. The number of hydrogen-bond acceptors (Lipinski definition) is 5. The molecule has 0 saturated carbocycles. The van der Waals surface area contributed by atoms with E-state index in [0.29, 0.717) is 33.0 Å². The minimum atomic E-state index is -0.397. The Morgan fingerprint density at radius 1 is 0.475 bits per heavy atom. The number of halogens is 1. The molecule has 6 heteroatoms. The maximum Gasteiger partial charge on any atom is 0.138 e.